The number of benzene rings is 2. The summed E-state index contributed by atoms with van der Waals surface area (Å²) in [6.45, 7) is 2.57. The van der Waals surface area contributed by atoms with Gasteiger partial charge in [0.2, 0.25) is 0 Å². The molecule has 0 amide bonds. The lowest BCUT2D eigenvalue weighted by atomic mass is 10.2. The molecule has 0 N–H and O–H groups in total. The number of carbonyl (C=O) groups excluding carboxylic acids is 1. The van der Waals surface area contributed by atoms with E-state index in [0.717, 1.165) is 23.5 Å². The van der Waals surface area contributed by atoms with E-state index in [-0.39, 0.29) is 0 Å². The largest absolute Gasteiger partial charge is 0.355 e. The van der Waals surface area contributed by atoms with E-state index in [9.17, 15) is 4.79 Å². The monoisotopic (exact) mass is 305 g/mol. The molecule has 0 saturated carbocycles. The minimum absolute atomic E-state index is 0.632. The highest BCUT2D eigenvalue weighted by Crippen LogP contribution is 2.26. The lowest BCUT2D eigenvalue weighted by Gasteiger charge is -2.21. The number of aldehydes is 1. The van der Waals surface area contributed by atoms with E-state index in [1.54, 1.807) is 0 Å². The highest BCUT2D eigenvalue weighted by atomic mass is 16.1. The van der Waals surface area contributed by atoms with Crippen molar-refractivity contribution in [2.45, 2.75) is 13.5 Å². The van der Waals surface area contributed by atoms with Crippen molar-refractivity contribution in [2.24, 2.45) is 0 Å². The molecule has 4 heteroatoms. The lowest BCUT2D eigenvalue weighted by molar-refractivity contribution is 0.112. The standard InChI is InChI=1S/C19H19N3O/c1-15-18(14-23)19(21(2)13-16-9-5-3-6-10-16)22(20-15)17-11-7-4-8-12-17/h3-12,14H,13H2,1-2H3. The Balaban J connectivity index is 2.04. The third-order valence-electron chi connectivity index (χ3n) is 3.82. The fourth-order valence-electron chi connectivity index (χ4n) is 2.71. The number of aromatic nitrogens is 2. The van der Waals surface area contributed by atoms with Crippen LogP contribution < -0.4 is 4.90 Å². The predicted molar refractivity (Wildman–Crippen MR) is 92.2 cm³/mol. The molecule has 3 aromatic rings. The van der Waals surface area contributed by atoms with Gasteiger partial charge < -0.3 is 4.90 Å². The van der Waals surface area contributed by atoms with Crippen LogP contribution in [0, 0.1) is 6.92 Å². The van der Waals surface area contributed by atoms with Crippen LogP contribution in [0.1, 0.15) is 21.6 Å². The van der Waals surface area contributed by atoms with Crippen LogP contribution >= 0.6 is 0 Å². The van der Waals surface area contributed by atoms with Crippen LogP contribution in [0.4, 0.5) is 5.82 Å². The molecule has 116 valence electrons. The van der Waals surface area contributed by atoms with Crippen molar-refractivity contribution < 1.29 is 4.79 Å². The van der Waals surface area contributed by atoms with Gasteiger partial charge in [0.05, 0.1) is 16.9 Å². The van der Waals surface area contributed by atoms with Gasteiger partial charge in [-0.3, -0.25) is 4.79 Å². The second kappa shape index (κ2) is 6.48. The summed E-state index contributed by atoms with van der Waals surface area (Å²) in [5.41, 5.74) is 3.50. The summed E-state index contributed by atoms with van der Waals surface area (Å²) < 4.78 is 1.84. The number of hydrogen-bond acceptors (Lipinski definition) is 3. The first kappa shape index (κ1) is 15.0. The van der Waals surface area contributed by atoms with Gasteiger partial charge in [0, 0.05) is 13.6 Å². The molecule has 0 radical (unpaired) electrons. The molecule has 0 aliphatic rings. The summed E-state index contributed by atoms with van der Waals surface area (Å²) in [4.78, 5) is 13.6. The Morgan fingerprint density at radius 1 is 1.04 bits per heavy atom. The minimum atomic E-state index is 0.632. The fourth-order valence-corrected chi connectivity index (χ4v) is 2.71. The molecule has 0 unspecified atom stereocenters. The van der Waals surface area contributed by atoms with Gasteiger partial charge in [-0.15, -0.1) is 0 Å². The molecule has 1 heterocycles. The molecule has 0 fully saturated rings. The van der Waals surface area contributed by atoms with Gasteiger partial charge >= 0.3 is 0 Å². The quantitative estimate of drug-likeness (QED) is 0.676. The van der Waals surface area contributed by atoms with Gasteiger partial charge in [-0.2, -0.15) is 5.10 Å². The molecule has 1 aromatic heterocycles. The van der Waals surface area contributed by atoms with Gasteiger partial charge in [0.15, 0.2) is 6.29 Å². The summed E-state index contributed by atoms with van der Waals surface area (Å²) in [5.74, 6) is 0.813. The van der Waals surface area contributed by atoms with Crippen molar-refractivity contribution in [1.29, 1.82) is 0 Å². The topological polar surface area (TPSA) is 38.1 Å². The molecule has 0 aliphatic carbocycles. The summed E-state index contributed by atoms with van der Waals surface area (Å²) in [6, 6.07) is 20.1. The highest BCUT2D eigenvalue weighted by molar-refractivity contribution is 5.85. The molecule has 0 spiro atoms. The minimum Gasteiger partial charge on any atom is -0.355 e. The highest BCUT2D eigenvalue weighted by Gasteiger charge is 2.19. The molecule has 4 nitrogen and oxygen atoms in total. The maximum Gasteiger partial charge on any atom is 0.155 e. The smallest absolute Gasteiger partial charge is 0.155 e. The van der Waals surface area contributed by atoms with Crippen molar-refractivity contribution in [3.05, 3.63) is 77.5 Å². The third-order valence-corrected chi connectivity index (χ3v) is 3.82. The van der Waals surface area contributed by atoms with Gasteiger partial charge in [-0.1, -0.05) is 48.5 Å². The maximum atomic E-state index is 11.6. The molecule has 3 rings (SSSR count). The molecule has 0 aliphatic heterocycles. The molecule has 2 aromatic carbocycles. The Hall–Kier alpha value is -2.88. The number of para-hydroxylation sites is 1. The first-order valence-electron chi connectivity index (χ1n) is 7.56. The van der Waals surface area contributed by atoms with Crippen molar-refractivity contribution in [3.8, 4) is 5.69 Å². The second-order valence-corrected chi connectivity index (χ2v) is 5.53. The number of nitrogens with zero attached hydrogens (tertiary/aromatic N) is 3. The van der Waals surface area contributed by atoms with Gasteiger partial charge in [-0.25, -0.2) is 4.68 Å². The van der Waals surface area contributed by atoms with Crippen molar-refractivity contribution in [2.75, 3.05) is 11.9 Å². The van der Waals surface area contributed by atoms with Crippen LogP contribution in [0.25, 0.3) is 5.69 Å². The zero-order chi connectivity index (χ0) is 16.2. The van der Waals surface area contributed by atoms with Gasteiger partial charge in [0.1, 0.15) is 5.82 Å². The number of carbonyl (C=O) groups is 1. The van der Waals surface area contributed by atoms with E-state index in [0.29, 0.717) is 12.1 Å². The second-order valence-electron chi connectivity index (χ2n) is 5.53. The van der Waals surface area contributed by atoms with Crippen LogP contribution in [-0.2, 0) is 6.54 Å². The van der Waals surface area contributed by atoms with Gasteiger partial charge in [0.25, 0.3) is 0 Å². The predicted octanol–water partition coefficient (Wildman–Crippen LogP) is 3.63. The Morgan fingerprint density at radius 3 is 2.26 bits per heavy atom. The zero-order valence-corrected chi connectivity index (χ0v) is 13.3. The van der Waals surface area contributed by atoms with Crippen LogP contribution in [0.5, 0.6) is 0 Å². The molecular weight excluding hydrogens is 286 g/mol. The van der Waals surface area contributed by atoms with Crippen molar-refractivity contribution >= 4 is 12.1 Å². The van der Waals surface area contributed by atoms with Crippen LogP contribution in [-0.4, -0.2) is 23.1 Å². The number of rotatable bonds is 5. The third kappa shape index (κ3) is 3.01. The lowest BCUT2D eigenvalue weighted by Crippen LogP contribution is -2.21. The molecule has 0 saturated heterocycles. The molecular formula is C19H19N3O. The Morgan fingerprint density at radius 2 is 1.65 bits per heavy atom. The molecule has 0 atom stereocenters. The van der Waals surface area contributed by atoms with Crippen LogP contribution in [0.3, 0.4) is 0 Å². The van der Waals surface area contributed by atoms with Crippen LogP contribution in [0.2, 0.25) is 0 Å². The average Bonchev–Trinajstić information content (AvgIpc) is 2.93. The number of hydrogen-bond donors (Lipinski definition) is 0. The number of anilines is 1. The van der Waals surface area contributed by atoms with E-state index in [2.05, 4.69) is 22.1 Å². The first-order chi connectivity index (χ1) is 11.2. The average molecular weight is 305 g/mol. The normalized spacial score (nSPS) is 10.5. The zero-order valence-electron chi connectivity index (χ0n) is 13.3. The SMILES string of the molecule is Cc1nn(-c2ccccc2)c(N(C)Cc2ccccc2)c1C=O. The molecule has 23 heavy (non-hydrogen) atoms. The van der Waals surface area contributed by atoms with Crippen molar-refractivity contribution in [1.82, 2.24) is 9.78 Å². The van der Waals surface area contributed by atoms with Crippen LogP contribution in [0.15, 0.2) is 60.7 Å². The van der Waals surface area contributed by atoms with Gasteiger partial charge in [-0.05, 0) is 24.6 Å². The van der Waals surface area contributed by atoms with E-state index in [1.165, 1.54) is 5.56 Å². The molecule has 0 bridgehead atoms. The summed E-state index contributed by atoms with van der Waals surface area (Å²) >= 11 is 0. The van der Waals surface area contributed by atoms with E-state index < -0.39 is 0 Å². The summed E-state index contributed by atoms with van der Waals surface area (Å²) in [5, 5.41) is 4.56. The van der Waals surface area contributed by atoms with Crippen molar-refractivity contribution in [3.63, 3.8) is 0 Å². The van der Waals surface area contributed by atoms with E-state index in [4.69, 9.17) is 0 Å². The Kier molecular flexibility index (Phi) is 4.24. The Bertz CT molecular complexity index is 794. The van der Waals surface area contributed by atoms with E-state index >= 15 is 0 Å². The fraction of sp³-hybridized carbons (Fsp3) is 0.158. The first-order valence-corrected chi connectivity index (χ1v) is 7.56. The number of aryl methyl sites for hydroxylation is 1. The summed E-state index contributed by atoms with van der Waals surface area (Å²) in [6.07, 6.45) is 0.888. The Labute approximate surface area is 136 Å². The summed E-state index contributed by atoms with van der Waals surface area (Å²) in [7, 11) is 1.98. The van der Waals surface area contributed by atoms with E-state index in [1.807, 2.05) is 67.2 Å². The maximum absolute atomic E-state index is 11.6.